The van der Waals surface area contributed by atoms with Crippen LogP contribution in [0.25, 0.3) is 0 Å². The fourth-order valence-corrected chi connectivity index (χ4v) is 4.68. The van der Waals surface area contributed by atoms with E-state index in [1.54, 1.807) is 6.07 Å². The van der Waals surface area contributed by atoms with Crippen molar-refractivity contribution in [1.82, 2.24) is 0 Å². The summed E-state index contributed by atoms with van der Waals surface area (Å²) in [5.74, 6) is -0.929. The van der Waals surface area contributed by atoms with E-state index in [2.05, 4.69) is 5.32 Å². The first kappa shape index (κ1) is 25.2. The summed E-state index contributed by atoms with van der Waals surface area (Å²) in [5.41, 5.74) is -1.32. The third-order valence-corrected chi connectivity index (χ3v) is 7.23. The van der Waals surface area contributed by atoms with Gasteiger partial charge in [0.05, 0.1) is 36.9 Å². The molecule has 0 spiro atoms. The highest BCUT2D eigenvalue weighted by Gasteiger charge is 2.32. The van der Waals surface area contributed by atoms with E-state index in [0.717, 1.165) is 16.4 Å². The number of halogens is 6. The van der Waals surface area contributed by atoms with E-state index in [1.165, 1.54) is 42.5 Å². The molecule has 3 aromatic rings. The summed E-state index contributed by atoms with van der Waals surface area (Å²) in [4.78, 5) is 12.6. The van der Waals surface area contributed by atoms with Crippen LogP contribution in [0.1, 0.15) is 5.56 Å². The molecule has 174 valence electrons. The number of anilines is 2. The third kappa shape index (κ3) is 5.92. The Hall–Kier alpha value is -2.46. The van der Waals surface area contributed by atoms with E-state index in [4.69, 9.17) is 34.8 Å². The number of benzene rings is 3. The van der Waals surface area contributed by atoms with Crippen molar-refractivity contribution in [2.45, 2.75) is 11.1 Å². The molecule has 0 bridgehead atoms. The molecule has 1 amide bonds. The van der Waals surface area contributed by atoms with Gasteiger partial charge in [-0.1, -0.05) is 53.0 Å². The van der Waals surface area contributed by atoms with Crippen molar-refractivity contribution in [2.24, 2.45) is 0 Å². The Balaban J connectivity index is 1.97. The maximum absolute atomic E-state index is 13.3. The summed E-state index contributed by atoms with van der Waals surface area (Å²) in [6.07, 6.45) is -4.66. The van der Waals surface area contributed by atoms with Crippen LogP contribution < -0.4 is 9.62 Å². The maximum atomic E-state index is 13.3. The zero-order chi connectivity index (χ0) is 24.4. The Morgan fingerprint density at radius 2 is 1.52 bits per heavy atom. The Kier molecular flexibility index (Phi) is 7.48. The SMILES string of the molecule is O=C(CN(c1ccc(Cl)c(Cl)c1)S(=O)(=O)c1ccccc1)Nc1cc(C(F)(F)F)ccc1Cl. The van der Waals surface area contributed by atoms with Gasteiger partial charge in [-0.05, 0) is 48.5 Å². The summed E-state index contributed by atoms with van der Waals surface area (Å²) < 4.78 is 66.3. The number of rotatable bonds is 6. The standard InChI is InChI=1S/C21H14Cl3F3N2O3S/c22-16-9-7-14(11-18(16)24)29(33(31,32)15-4-2-1-3-5-15)12-20(30)28-19-10-13(21(25,26)27)6-8-17(19)23/h1-11H,12H2,(H,28,30). The van der Waals surface area contributed by atoms with Crippen molar-refractivity contribution < 1.29 is 26.4 Å². The topological polar surface area (TPSA) is 66.5 Å². The average Bonchev–Trinajstić information content (AvgIpc) is 2.75. The number of nitrogens with zero attached hydrogens (tertiary/aromatic N) is 1. The number of hydrogen-bond acceptors (Lipinski definition) is 3. The van der Waals surface area contributed by atoms with Crippen LogP contribution in [0, 0.1) is 0 Å². The minimum absolute atomic E-state index is 0.0264. The molecule has 12 heteroatoms. The molecular formula is C21H14Cl3F3N2O3S. The fraction of sp³-hybridized carbons (Fsp3) is 0.0952. The zero-order valence-corrected chi connectivity index (χ0v) is 19.5. The van der Waals surface area contributed by atoms with E-state index in [-0.39, 0.29) is 31.3 Å². The number of nitrogens with one attached hydrogen (secondary N) is 1. The number of carbonyl (C=O) groups excluding carboxylic acids is 1. The van der Waals surface area contributed by atoms with Crippen LogP contribution in [0.4, 0.5) is 24.5 Å². The summed E-state index contributed by atoms with van der Waals surface area (Å²) in [6, 6.07) is 13.7. The van der Waals surface area contributed by atoms with Gasteiger partial charge in [-0.3, -0.25) is 9.10 Å². The van der Waals surface area contributed by atoms with Crippen LogP contribution in [-0.2, 0) is 21.0 Å². The second-order valence-electron chi connectivity index (χ2n) is 6.66. The van der Waals surface area contributed by atoms with Gasteiger partial charge in [0.1, 0.15) is 6.54 Å². The third-order valence-electron chi connectivity index (χ3n) is 4.38. The number of sulfonamides is 1. The lowest BCUT2D eigenvalue weighted by Gasteiger charge is -2.24. The van der Waals surface area contributed by atoms with E-state index in [0.29, 0.717) is 6.07 Å². The molecule has 5 nitrogen and oxygen atoms in total. The molecule has 0 aromatic heterocycles. The van der Waals surface area contributed by atoms with Crippen molar-refractivity contribution >= 4 is 62.1 Å². The number of carbonyl (C=O) groups is 1. The van der Waals surface area contributed by atoms with Crippen molar-refractivity contribution in [2.75, 3.05) is 16.2 Å². The summed E-state index contributed by atoms with van der Waals surface area (Å²) in [6.45, 7) is -0.776. The monoisotopic (exact) mass is 536 g/mol. The van der Waals surface area contributed by atoms with Gasteiger partial charge in [0.15, 0.2) is 0 Å². The summed E-state index contributed by atoms with van der Waals surface area (Å²) in [5, 5.41) is 2.30. The van der Waals surface area contributed by atoms with E-state index >= 15 is 0 Å². The molecular weight excluding hydrogens is 524 g/mol. The van der Waals surface area contributed by atoms with Crippen LogP contribution >= 0.6 is 34.8 Å². The predicted molar refractivity (Wildman–Crippen MR) is 123 cm³/mol. The Morgan fingerprint density at radius 3 is 2.12 bits per heavy atom. The van der Waals surface area contributed by atoms with E-state index < -0.39 is 34.2 Å². The van der Waals surface area contributed by atoms with E-state index in [1.807, 2.05) is 0 Å². The smallest absolute Gasteiger partial charge is 0.323 e. The lowest BCUT2D eigenvalue weighted by molar-refractivity contribution is -0.137. The molecule has 0 saturated heterocycles. The largest absolute Gasteiger partial charge is 0.416 e. The van der Waals surface area contributed by atoms with Gasteiger partial charge in [0.2, 0.25) is 5.91 Å². The lowest BCUT2D eigenvalue weighted by Crippen LogP contribution is -2.38. The quantitative estimate of drug-likeness (QED) is 0.390. The van der Waals surface area contributed by atoms with E-state index in [9.17, 15) is 26.4 Å². The second-order valence-corrected chi connectivity index (χ2v) is 9.75. The minimum atomic E-state index is -4.66. The maximum Gasteiger partial charge on any atom is 0.416 e. The first-order valence-corrected chi connectivity index (χ1v) is 11.7. The van der Waals surface area contributed by atoms with Gasteiger partial charge in [-0.25, -0.2) is 8.42 Å². The molecule has 3 aromatic carbocycles. The van der Waals surface area contributed by atoms with Crippen molar-refractivity contribution in [3.63, 3.8) is 0 Å². The Bertz CT molecular complexity index is 1290. The van der Waals surface area contributed by atoms with Crippen LogP contribution in [0.3, 0.4) is 0 Å². The van der Waals surface area contributed by atoms with Gasteiger partial charge in [-0.2, -0.15) is 13.2 Å². The van der Waals surface area contributed by atoms with Crippen LogP contribution in [-0.4, -0.2) is 20.9 Å². The molecule has 0 aliphatic carbocycles. The van der Waals surface area contributed by atoms with Crippen molar-refractivity contribution in [1.29, 1.82) is 0 Å². The summed E-state index contributed by atoms with van der Waals surface area (Å²) >= 11 is 17.9. The molecule has 33 heavy (non-hydrogen) atoms. The number of hydrogen-bond donors (Lipinski definition) is 1. The Labute approximate surface area is 202 Å². The molecule has 0 aliphatic heterocycles. The van der Waals surface area contributed by atoms with Crippen molar-refractivity contribution in [3.8, 4) is 0 Å². The van der Waals surface area contributed by atoms with Crippen molar-refractivity contribution in [3.05, 3.63) is 87.4 Å². The second kappa shape index (κ2) is 9.80. The van der Waals surface area contributed by atoms with Gasteiger partial charge in [0, 0.05) is 0 Å². The normalized spacial score (nSPS) is 11.8. The molecule has 0 atom stereocenters. The van der Waals surface area contributed by atoms with Gasteiger partial charge in [-0.15, -0.1) is 0 Å². The molecule has 0 heterocycles. The highest BCUT2D eigenvalue weighted by atomic mass is 35.5. The first-order valence-electron chi connectivity index (χ1n) is 9.09. The Morgan fingerprint density at radius 1 is 0.879 bits per heavy atom. The zero-order valence-electron chi connectivity index (χ0n) is 16.4. The van der Waals surface area contributed by atoms with Crippen LogP contribution in [0.2, 0.25) is 15.1 Å². The van der Waals surface area contributed by atoms with Gasteiger partial charge in [0.25, 0.3) is 10.0 Å². The minimum Gasteiger partial charge on any atom is -0.323 e. The van der Waals surface area contributed by atoms with Crippen LogP contribution in [0.15, 0.2) is 71.6 Å². The fourth-order valence-electron chi connectivity index (χ4n) is 2.79. The molecule has 0 saturated carbocycles. The van der Waals surface area contributed by atoms with Crippen LogP contribution in [0.5, 0.6) is 0 Å². The molecule has 1 N–H and O–H groups in total. The molecule has 0 fully saturated rings. The highest BCUT2D eigenvalue weighted by molar-refractivity contribution is 7.92. The number of alkyl halides is 3. The molecule has 0 unspecified atom stereocenters. The van der Waals surface area contributed by atoms with Gasteiger partial charge < -0.3 is 5.32 Å². The summed E-state index contributed by atoms with van der Waals surface area (Å²) in [7, 11) is -4.25. The molecule has 3 rings (SSSR count). The average molecular weight is 538 g/mol. The first-order chi connectivity index (χ1) is 15.4. The van der Waals surface area contributed by atoms with Gasteiger partial charge >= 0.3 is 6.18 Å². The molecule has 0 aliphatic rings. The molecule has 0 radical (unpaired) electrons. The number of amides is 1. The predicted octanol–water partition coefficient (Wildman–Crippen LogP) is 6.50. The lowest BCUT2D eigenvalue weighted by atomic mass is 10.2. The highest BCUT2D eigenvalue weighted by Crippen LogP contribution is 2.34.